The second-order valence-corrected chi connectivity index (χ2v) is 7.51. The van der Waals surface area contributed by atoms with Crippen LogP contribution in [0.15, 0.2) is 42.5 Å². The maximum atomic E-state index is 12.3. The molecule has 0 heterocycles. The number of hydrogen-bond acceptors (Lipinski definition) is 4. The van der Waals surface area contributed by atoms with Crippen molar-refractivity contribution in [2.75, 3.05) is 25.1 Å². The van der Waals surface area contributed by atoms with Gasteiger partial charge in [0.2, 0.25) is 5.91 Å². The molecule has 162 valence electrons. The van der Waals surface area contributed by atoms with Gasteiger partial charge in [0.15, 0.2) is 11.5 Å². The summed E-state index contributed by atoms with van der Waals surface area (Å²) >= 11 is 0. The zero-order chi connectivity index (χ0) is 21.9. The summed E-state index contributed by atoms with van der Waals surface area (Å²) in [5.41, 5.74) is 2.15. The van der Waals surface area contributed by atoms with Crippen molar-refractivity contribution in [3.05, 3.63) is 53.6 Å². The van der Waals surface area contributed by atoms with Crippen LogP contribution in [0.4, 0.5) is 5.69 Å². The molecule has 2 aromatic rings. The van der Waals surface area contributed by atoms with E-state index in [1.54, 1.807) is 18.2 Å². The molecule has 0 saturated heterocycles. The molecule has 0 radical (unpaired) electrons. The molecule has 0 aliphatic heterocycles. The Hall–Kier alpha value is -3.02. The van der Waals surface area contributed by atoms with Crippen LogP contribution in [0.2, 0.25) is 0 Å². The lowest BCUT2D eigenvalue weighted by atomic mass is 10.1. The molecule has 6 nitrogen and oxygen atoms in total. The van der Waals surface area contributed by atoms with Crippen LogP contribution in [0.5, 0.6) is 11.5 Å². The fourth-order valence-electron chi connectivity index (χ4n) is 2.82. The van der Waals surface area contributed by atoms with Crippen molar-refractivity contribution in [1.29, 1.82) is 0 Å². The molecular formula is C24H32N2O4. The van der Waals surface area contributed by atoms with E-state index in [-0.39, 0.29) is 11.8 Å². The van der Waals surface area contributed by atoms with Crippen molar-refractivity contribution in [2.45, 2.75) is 40.5 Å². The Kier molecular flexibility index (Phi) is 9.19. The third-order valence-corrected chi connectivity index (χ3v) is 4.39. The van der Waals surface area contributed by atoms with Crippen LogP contribution < -0.4 is 20.1 Å². The first kappa shape index (κ1) is 23.3. The fourth-order valence-corrected chi connectivity index (χ4v) is 2.82. The average molecular weight is 413 g/mol. The Labute approximate surface area is 179 Å². The molecule has 0 fully saturated rings. The highest BCUT2D eigenvalue weighted by Crippen LogP contribution is 2.26. The van der Waals surface area contributed by atoms with Gasteiger partial charge < -0.3 is 20.1 Å². The summed E-state index contributed by atoms with van der Waals surface area (Å²) in [6.45, 7) is 9.52. The number of para-hydroxylation sites is 2. The number of amides is 2. The summed E-state index contributed by atoms with van der Waals surface area (Å²) in [5, 5.41) is 5.80. The van der Waals surface area contributed by atoms with Crippen LogP contribution in [0.1, 0.15) is 49.5 Å². The van der Waals surface area contributed by atoms with Gasteiger partial charge >= 0.3 is 0 Å². The standard InChI is InChI=1S/C24H32N2O4/c1-5-29-21-9-6-7-10-22(21)30-14-8-11-23(27)26-20-13-12-19(15-18(20)4)24(28)25-16-17(2)3/h6-7,9-10,12-13,15,17H,5,8,11,14,16H2,1-4H3,(H,25,28)(H,26,27). The SMILES string of the molecule is CCOc1ccccc1OCCCC(=O)Nc1ccc(C(=O)NCC(C)C)cc1C. The molecule has 6 heteroatoms. The normalized spacial score (nSPS) is 10.6. The number of carbonyl (C=O) groups excluding carboxylic acids is 2. The van der Waals surface area contributed by atoms with Gasteiger partial charge in [0.05, 0.1) is 13.2 Å². The predicted octanol–water partition coefficient (Wildman–Crippen LogP) is 4.58. The van der Waals surface area contributed by atoms with Crippen molar-refractivity contribution in [3.8, 4) is 11.5 Å². The Morgan fingerprint density at radius 2 is 1.73 bits per heavy atom. The summed E-state index contributed by atoms with van der Waals surface area (Å²) in [6, 6.07) is 12.8. The van der Waals surface area contributed by atoms with E-state index >= 15 is 0 Å². The molecule has 0 unspecified atom stereocenters. The lowest BCUT2D eigenvalue weighted by Gasteiger charge is -2.13. The molecule has 2 N–H and O–H groups in total. The molecule has 2 aromatic carbocycles. The average Bonchev–Trinajstić information content (AvgIpc) is 2.72. The van der Waals surface area contributed by atoms with E-state index < -0.39 is 0 Å². The van der Waals surface area contributed by atoms with Gasteiger partial charge in [-0.1, -0.05) is 26.0 Å². The Bertz CT molecular complexity index is 849. The molecule has 0 atom stereocenters. The van der Waals surface area contributed by atoms with Gasteiger partial charge in [0.1, 0.15) is 0 Å². The van der Waals surface area contributed by atoms with Crippen LogP contribution in [0.3, 0.4) is 0 Å². The van der Waals surface area contributed by atoms with Crippen LogP contribution in [-0.2, 0) is 4.79 Å². The molecule has 2 rings (SSSR count). The van der Waals surface area contributed by atoms with Crippen LogP contribution in [0, 0.1) is 12.8 Å². The first-order valence-corrected chi connectivity index (χ1v) is 10.4. The number of hydrogen-bond donors (Lipinski definition) is 2. The monoisotopic (exact) mass is 412 g/mol. The summed E-state index contributed by atoms with van der Waals surface area (Å²) in [5.74, 6) is 1.59. The summed E-state index contributed by atoms with van der Waals surface area (Å²) < 4.78 is 11.3. The van der Waals surface area contributed by atoms with Gasteiger partial charge in [0, 0.05) is 24.2 Å². The smallest absolute Gasteiger partial charge is 0.251 e. The number of rotatable bonds is 11. The summed E-state index contributed by atoms with van der Waals surface area (Å²) in [7, 11) is 0. The third kappa shape index (κ3) is 7.43. The minimum Gasteiger partial charge on any atom is -0.490 e. The van der Waals surface area contributed by atoms with E-state index in [0.717, 1.165) is 5.56 Å². The van der Waals surface area contributed by atoms with Crippen molar-refractivity contribution in [2.24, 2.45) is 5.92 Å². The van der Waals surface area contributed by atoms with Crippen LogP contribution >= 0.6 is 0 Å². The van der Waals surface area contributed by atoms with Crippen LogP contribution in [-0.4, -0.2) is 31.6 Å². The van der Waals surface area contributed by atoms with Crippen molar-refractivity contribution in [3.63, 3.8) is 0 Å². The Morgan fingerprint density at radius 3 is 2.37 bits per heavy atom. The van der Waals surface area contributed by atoms with E-state index in [2.05, 4.69) is 10.6 Å². The number of anilines is 1. The molecule has 0 saturated carbocycles. The van der Waals surface area contributed by atoms with Crippen LogP contribution in [0.25, 0.3) is 0 Å². The number of ether oxygens (including phenoxy) is 2. The lowest BCUT2D eigenvalue weighted by Crippen LogP contribution is -2.27. The molecule has 0 aliphatic carbocycles. The lowest BCUT2D eigenvalue weighted by molar-refractivity contribution is -0.116. The highest BCUT2D eigenvalue weighted by Gasteiger charge is 2.10. The van der Waals surface area contributed by atoms with E-state index in [1.807, 2.05) is 52.0 Å². The first-order chi connectivity index (χ1) is 14.4. The van der Waals surface area contributed by atoms with E-state index in [4.69, 9.17) is 9.47 Å². The second-order valence-electron chi connectivity index (χ2n) is 7.51. The zero-order valence-electron chi connectivity index (χ0n) is 18.3. The van der Waals surface area contributed by atoms with Crippen molar-refractivity contribution < 1.29 is 19.1 Å². The highest BCUT2D eigenvalue weighted by atomic mass is 16.5. The largest absolute Gasteiger partial charge is 0.490 e. The van der Waals surface area contributed by atoms with E-state index in [9.17, 15) is 9.59 Å². The van der Waals surface area contributed by atoms with Gasteiger partial charge in [-0.05, 0) is 62.1 Å². The van der Waals surface area contributed by atoms with Gasteiger partial charge in [-0.15, -0.1) is 0 Å². The molecule has 0 bridgehead atoms. The Balaban J connectivity index is 1.80. The minimum atomic E-state index is -0.103. The van der Waals surface area contributed by atoms with Crippen molar-refractivity contribution in [1.82, 2.24) is 5.32 Å². The maximum absolute atomic E-state index is 12.3. The summed E-state index contributed by atoms with van der Waals surface area (Å²) in [4.78, 5) is 24.4. The quantitative estimate of drug-likeness (QED) is 0.530. The predicted molar refractivity (Wildman–Crippen MR) is 119 cm³/mol. The molecule has 0 aromatic heterocycles. The molecule has 0 spiro atoms. The highest BCUT2D eigenvalue weighted by molar-refractivity contribution is 5.96. The second kappa shape index (κ2) is 11.9. The first-order valence-electron chi connectivity index (χ1n) is 10.4. The number of nitrogens with one attached hydrogen (secondary N) is 2. The summed E-state index contributed by atoms with van der Waals surface area (Å²) in [6.07, 6.45) is 0.925. The van der Waals surface area contributed by atoms with Gasteiger partial charge in [0.25, 0.3) is 5.91 Å². The number of carbonyl (C=O) groups is 2. The van der Waals surface area contributed by atoms with Gasteiger partial charge in [-0.2, -0.15) is 0 Å². The molecule has 0 aliphatic rings. The van der Waals surface area contributed by atoms with Gasteiger partial charge in [-0.3, -0.25) is 9.59 Å². The molecular weight excluding hydrogens is 380 g/mol. The zero-order valence-corrected chi connectivity index (χ0v) is 18.3. The van der Waals surface area contributed by atoms with Crippen molar-refractivity contribution >= 4 is 17.5 Å². The van der Waals surface area contributed by atoms with Gasteiger partial charge in [-0.25, -0.2) is 0 Å². The topological polar surface area (TPSA) is 76.7 Å². The number of aryl methyl sites for hydroxylation is 1. The minimum absolute atomic E-state index is 0.0863. The third-order valence-electron chi connectivity index (χ3n) is 4.39. The Morgan fingerprint density at radius 1 is 1.03 bits per heavy atom. The number of benzene rings is 2. The molecule has 30 heavy (non-hydrogen) atoms. The maximum Gasteiger partial charge on any atom is 0.251 e. The molecule has 2 amide bonds. The van der Waals surface area contributed by atoms with E-state index in [0.29, 0.717) is 61.3 Å². The fraction of sp³-hybridized carbons (Fsp3) is 0.417. The van der Waals surface area contributed by atoms with E-state index in [1.165, 1.54) is 0 Å².